The third kappa shape index (κ3) is 10.6. The van der Waals surface area contributed by atoms with Gasteiger partial charge in [0, 0.05) is 11.6 Å². The van der Waals surface area contributed by atoms with Crippen LogP contribution >= 0.6 is 23.4 Å². The summed E-state index contributed by atoms with van der Waals surface area (Å²) in [7, 11) is 0. The van der Waals surface area contributed by atoms with Crippen LogP contribution in [0.4, 0.5) is 4.79 Å². The number of alkyl halides is 1. The summed E-state index contributed by atoms with van der Waals surface area (Å²) >= 11 is 7.17. The van der Waals surface area contributed by atoms with Crippen LogP contribution in [0.3, 0.4) is 0 Å². The molecule has 0 saturated heterocycles. The lowest BCUT2D eigenvalue weighted by atomic mass is 10.00. The Kier molecular flexibility index (Phi) is 12.6. The van der Waals surface area contributed by atoms with Crippen LogP contribution in [0.5, 0.6) is 0 Å². The molecular weight excluding hydrogens is 472 g/mol. The Balaban J connectivity index is 2.04. The SMILES string of the molecule is CC(C)C[C@H](NC(=O)OCc1ccccc1)C(=O)N[C@@H](Cc1ccccc1)C(=O)CSCCCl. The molecule has 2 N–H and O–H groups in total. The van der Waals surface area contributed by atoms with E-state index in [0.717, 1.165) is 11.1 Å². The van der Waals surface area contributed by atoms with Crippen LogP contribution in [0.25, 0.3) is 0 Å². The molecule has 0 aliphatic heterocycles. The minimum absolute atomic E-state index is 0.0812. The molecule has 0 aromatic heterocycles. The van der Waals surface area contributed by atoms with Crippen LogP contribution in [0.2, 0.25) is 0 Å². The fraction of sp³-hybridized carbons (Fsp3) is 0.423. The zero-order valence-corrected chi connectivity index (χ0v) is 21.2. The smallest absolute Gasteiger partial charge is 0.408 e. The molecule has 0 unspecified atom stereocenters. The Hall–Kier alpha value is -2.51. The number of ketones is 1. The number of carbonyl (C=O) groups is 3. The van der Waals surface area contributed by atoms with Crippen molar-refractivity contribution in [2.75, 3.05) is 17.4 Å². The Morgan fingerprint density at radius 3 is 2.12 bits per heavy atom. The van der Waals surface area contributed by atoms with E-state index >= 15 is 0 Å². The quantitative estimate of drug-likeness (QED) is 0.290. The number of nitrogens with one attached hydrogen (secondary N) is 2. The highest BCUT2D eigenvalue weighted by atomic mass is 35.5. The molecule has 184 valence electrons. The average Bonchev–Trinajstić information content (AvgIpc) is 2.83. The lowest BCUT2D eigenvalue weighted by molar-refractivity contribution is -0.128. The first-order valence-corrected chi connectivity index (χ1v) is 13.1. The number of carbonyl (C=O) groups excluding carboxylic acids is 3. The summed E-state index contributed by atoms with van der Waals surface area (Å²) in [6.07, 6.45) is 0.118. The topological polar surface area (TPSA) is 84.5 Å². The predicted molar refractivity (Wildman–Crippen MR) is 138 cm³/mol. The lowest BCUT2D eigenvalue weighted by Crippen LogP contribution is -2.53. The maximum absolute atomic E-state index is 13.2. The van der Waals surface area contributed by atoms with E-state index in [2.05, 4.69) is 10.6 Å². The fourth-order valence-electron chi connectivity index (χ4n) is 3.31. The summed E-state index contributed by atoms with van der Waals surface area (Å²) < 4.78 is 5.29. The van der Waals surface area contributed by atoms with Crippen molar-refractivity contribution in [1.82, 2.24) is 10.6 Å². The van der Waals surface area contributed by atoms with E-state index in [9.17, 15) is 14.4 Å². The first kappa shape index (κ1) is 27.7. The van der Waals surface area contributed by atoms with Crippen LogP contribution < -0.4 is 10.6 Å². The molecule has 2 rings (SSSR count). The predicted octanol–water partition coefficient (Wildman–Crippen LogP) is 4.60. The van der Waals surface area contributed by atoms with E-state index in [-0.39, 0.29) is 24.1 Å². The van der Waals surface area contributed by atoms with Crippen molar-refractivity contribution in [1.29, 1.82) is 0 Å². The number of hydrogen-bond acceptors (Lipinski definition) is 5. The van der Waals surface area contributed by atoms with Gasteiger partial charge in [-0.1, -0.05) is 74.5 Å². The second-order valence-electron chi connectivity index (χ2n) is 8.35. The molecule has 0 spiro atoms. The summed E-state index contributed by atoms with van der Waals surface area (Å²) in [4.78, 5) is 38.5. The average molecular weight is 505 g/mol. The van der Waals surface area contributed by atoms with Crippen molar-refractivity contribution >= 4 is 41.1 Å². The third-order valence-corrected chi connectivity index (χ3v) is 6.38. The minimum Gasteiger partial charge on any atom is -0.445 e. The van der Waals surface area contributed by atoms with Crippen LogP contribution in [0, 0.1) is 5.92 Å². The highest BCUT2D eigenvalue weighted by molar-refractivity contribution is 8.00. The summed E-state index contributed by atoms with van der Waals surface area (Å²) in [5.74, 6) is 1.03. The van der Waals surface area contributed by atoms with Gasteiger partial charge in [-0.05, 0) is 29.9 Å². The molecule has 0 heterocycles. The molecule has 0 aliphatic carbocycles. The molecule has 34 heavy (non-hydrogen) atoms. The van der Waals surface area contributed by atoms with Gasteiger partial charge >= 0.3 is 6.09 Å². The van der Waals surface area contributed by atoms with Gasteiger partial charge in [0.2, 0.25) is 5.91 Å². The van der Waals surface area contributed by atoms with Gasteiger partial charge in [-0.15, -0.1) is 11.6 Å². The monoisotopic (exact) mass is 504 g/mol. The Bertz CT molecular complexity index is 896. The van der Waals surface area contributed by atoms with Gasteiger partial charge in [0.1, 0.15) is 12.6 Å². The highest BCUT2D eigenvalue weighted by Gasteiger charge is 2.28. The van der Waals surface area contributed by atoms with Crippen LogP contribution in [0.1, 0.15) is 31.4 Å². The standard InChI is InChI=1S/C26H33ClN2O4S/c1-19(2)15-23(29-26(32)33-17-21-11-7-4-8-12-21)25(31)28-22(24(30)18-34-14-13-27)16-20-9-5-3-6-10-20/h3-12,19,22-23H,13-18H2,1-2H3,(H,28,31)(H,29,32)/t22-,23-/m0/s1. The third-order valence-electron chi connectivity index (χ3n) is 4.98. The summed E-state index contributed by atoms with van der Waals surface area (Å²) in [5, 5.41) is 5.54. The number of amides is 2. The van der Waals surface area contributed by atoms with E-state index < -0.39 is 24.1 Å². The number of halogens is 1. The van der Waals surface area contributed by atoms with Crippen molar-refractivity contribution in [2.45, 2.75) is 45.4 Å². The van der Waals surface area contributed by atoms with Crippen molar-refractivity contribution < 1.29 is 19.1 Å². The normalized spacial score (nSPS) is 12.6. The number of hydrogen-bond donors (Lipinski definition) is 2. The largest absolute Gasteiger partial charge is 0.445 e. The highest BCUT2D eigenvalue weighted by Crippen LogP contribution is 2.11. The van der Waals surface area contributed by atoms with Crippen molar-refractivity contribution in [3.63, 3.8) is 0 Å². The molecule has 8 heteroatoms. The molecule has 2 amide bonds. The molecule has 2 atom stereocenters. The Morgan fingerprint density at radius 2 is 1.53 bits per heavy atom. The van der Waals surface area contributed by atoms with E-state index in [1.165, 1.54) is 11.8 Å². The fourth-order valence-corrected chi connectivity index (χ4v) is 4.29. The molecule has 2 aromatic rings. The number of alkyl carbamates (subject to hydrolysis) is 1. The van der Waals surface area contributed by atoms with Crippen LogP contribution in [-0.2, 0) is 27.4 Å². The van der Waals surface area contributed by atoms with Gasteiger partial charge in [-0.3, -0.25) is 9.59 Å². The van der Waals surface area contributed by atoms with Gasteiger partial charge in [0.25, 0.3) is 0 Å². The zero-order chi connectivity index (χ0) is 24.8. The minimum atomic E-state index is -0.815. The number of ether oxygens (including phenoxy) is 1. The Labute approximate surface area is 211 Å². The maximum Gasteiger partial charge on any atom is 0.408 e. The van der Waals surface area contributed by atoms with Gasteiger partial charge in [-0.25, -0.2) is 4.79 Å². The number of rotatable bonds is 14. The summed E-state index contributed by atoms with van der Waals surface area (Å²) in [6.45, 7) is 4.04. The second kappa shape index (κ2) is 15.4. The van der Waals surface area contributed by atoms with Gasteiger partial charge < -0.3 is 15.4 Å². The molecule has 0 fully saturated rings. The first-order valence-electron chi connectivity index (χ1n) is 11.4. The molecule has 6 nitrogen and oxygen atoms in total. The summed E-state index contributed by atoms with van der Waals surface area (Å²) in [5.41, 5.74) is 1.80. The van der Waals surface area contributed by atoms with Gasteiger partial charge in [0.05, 0.1) is 11.8 Å². The molecule has 0 bridgehead atoms. The maximum atomic E-state index is 13.2. The van der Waals surface area contributed by atoms with Gasteiger partial charge in [0.15, 0.2) is 5.78 Å². The van der Waals surface area contributed by atoms with E-state index in [1.807, 2.05) is 74.5 Å². The van der Waals surface area contributed by atoms with Crippen LogP contribution in [-0.4, -0.2) is 47.3 Å². The zero-order valence-electron chi connectivity index (χ0n) is 19.7. The number of thioether (sulfide) groups is 1. The first-order chi connectivity index (χ1) is 16.4. The number of Topliss-reactive ketones (excluding diaryl/α,β-unsaturated/α-hetero) is 1. The molecule has 2 aromatic carbocycles. The Morgan fingerprint density at radius 1 is 0.912 bits per heavy atom. The molecular formula is C26H33ClN2O4S. The van der Waals surface area contributed by atoms with Crippen molar-refractivity contribution in [3.8, 4) is 0 Å². The van der Waals surface area contributed by atoms with Crippen LogP contribution in [0.15, 0.2) is 60.7 Å². The summed E-state index contributed by atoms with van der Waals surface area (Å²) in [6, 6.07) is 17.3. The lowest BCUT2D eigenvalue weighted by Gasteiger charge is -2.24. The van der Waals surface area contributed by atoms with E-state index in [0.29, 0.717) is 24.5 Å². The molecule has 0 saturated carbocycles. The van der Waals surface area contributed by atoms with Gasteiger partial charge in [-0.2, -0.15) is 11.8 Å². The molecule has 0 radical (unpaired) electrons. The van der Waals surface area contributed by atoms with Crippen molar-refractivity contribution in [2.24, 2.45) is 5.92 Å². The van der Waals surface area contributed by atoms with E-state index in [4.69, 9.17) is 16.3 Å². The van der Waals surface area contributed by atoms with E-state index in [1.54, 1.807) is 0 Å². The number of benzene rings is 2. The second-order valence-corrected chi connectivity index (χ2v) is 9.83. The van der Waals surface area contributed by atoms with Crippen molar-refractivity contribution in [3.05, 3.63) is 71.8 Å². The molecule has 0 aliphatic rings.